The number of rotatable bonds is 8. The maximum atomic E-state index is 5.39. The first-order valence-corrected chi connectivity index (χ1v) is 4.92. The Balaban J connectivity index is 3.48. The van der Waals surface area contributed by atoms with Crippen LogP contribution in [-0.4, -0.2) is 19.5 Å². The van der Waals surface area contributed by atoms with E-state index in [1.807, 2.05) is 19.9 Å². The molecule has 0 aromatic rings. The lowest BCUT2D eigenvalue weighted by Crippen LogP contribution is -2.16. The highest BCUT2D eigenvalue weighted by atomic mass is 16.7. The van der Waals surface area contributed by atoms with Crippen molar-refractivity contribution in [3.05, 3.63) is 18.4 Å². The summed E-state index contributed by atoms with van der Waals surface area (Å²) in [5.74, 6) is 0. The second kappa shape index (κ2) is 9.53. The van der Waals surface area contributed by atoms with Crippen molar-refractivity contribution in [2.75, 3.05) is 13.2 Å². The standard InChI is InChI=1S/C11H20O2/c1-4-7-8-9-10-11(12-5-2)13-6-3/h7,11H,1,5-6,8-10H2,2-3H3. The molecule has 0 N–H and O–H groups in total. The Morgan fingerprint density at radius 1 is 1.31 bits per heavy atom. The number of hydrogen-bond acceptors (Lipinski definition) is 2. The van der Waals surface area contributed by atoms with Gasteiger partial charge in [-0.2, -0.15) is 0 Å². The average Bonchev–Trinajstić information content (AvgIpc) is 2.13. The van der Waals surface area contributed by atoms with Gasteiger partial charge in [0.15, 0.2) is 6.29 Å². The summed E-state index contributed by atoms with van der Waals surface area (Å²) in [5, 5.41) is 0. The van der Waals surface area contributed by atoms with Crippen molar-refractivity contribution < 1.29 is 9.47 Å². The maximum absolute atomic E-state index is 5.39. The highest BCUT2D eigenvalue weighted by Crippen LogP contribution is 2.06. The molecular weight excluding hydrogens is 164 g/mol. The predicted molar refractivity (Wildman–Crippen MR) is 54.6 cm³/mol. The molecule has 0 saturated heterocycles. The van der Waals surface area contributed by atoms with E-state index in [1.165, 1.54) is 0 Å². The number of unbranched alkanes of at least 4 members (excludes halogenated alkanes) is 1. The summed E-state index contributed by atoms with van der Waals surface area (Å²) < 4.78 is 10.8. The number of allylic oxidation sites excluding steroid dienone is 1. The summed E-state index contributed by atoms with van der Waals surface area (Å²) in [6.07, 6.45) is 4.91. The molecule has 0 aliphatic carbocycles. The molecule has 2 heteroatoms. The molecule has 0 aromatic carbocycles. The second-order valence-electron chi connectivity index (χ2n) is 2.68. The van der Waals surface area contributed by atoms with E-state index in [9.17, 15) is 0 Å². The lowest BCUT2D eigenvalue weighted by molar-refractivity contribution is -0.139. The van der Waals surface area contributed by atoms with Crippen LogP contribution in [0.5, 0.6) is 0 Å². The molecule has 0 radical (unpaired) electrons. The molecule has 0 unspecified atom stereocenters. The Bertz CT molecular complexity index is 142. The van der Waals surface area contributed by atoms with Crippen LogP contribution in [0.3, 0.4) is 0 Å². The van der Waals surface area contributed by atoms with Gasteiger partial charge in [-0.25, -0.2) is 0 Å². The van der Waals surface area contributed by atoms with Crippen molar-refractivity contribution in [1.29, 1.82) is 0 Å². The third kappa shape index (κ3) is 7.79. The van der Waals surface area contributed by atoms with Crippen molar-refractivity contribution in [2.45, 2.75) is 39.4 Å². The molecule has 0 aromatic heterocycles. The lowest BCUT2D eigenvalue weighted by atomic mass is 10.2. The van der Waals surface area contributed by atoms with Gasteiger partial charge in [0.25, 0.3) is 0 Å². The van der Waals surface area contributed by atoms with Gasteiger partial charge in [-0.3, -0.25) is 0 Å². The predicted octanol–water partition coefficient (Wildman–Crippen LogP) is 2.90. The van der Waals surface area contributed by atoms with Crippen LogP contribution < -0.4 is 0 Å². The molecule has 0 rings (SSSR count). The van der Waals surface area contributed by atoms with Gasteiger partial charge >= 0.3 is 0 Å². The molecule has 2 nitrogen and oxygen atoms in total. The molecule has 0 amide bonds. The van der Waals surface area contributed by atoms with Gasteiger partial charge in [0.1, 0.15) is 0 Å². The zero-order chi connectivity index (χ0) is 9.94. The first-order chi connectivity index (χ1) is 6.35. The summed E-state index contributed by atoms with van der Waals surface area (Å²) in [6, 6.07) is 0. The van der Waals surface area contributed by atoms with Gasteiger partial charge < -0.3 is 9.47 Å². The minimum Gasteiger partial charge on any atom is -0.353 e. The van der Waals surface area contributed by atoms with Gasteiger partial charge in [0.05, 0.1) is 0 Å². The van der Waals surface area contributed by atoms with Crippen LogP contribution >= 0.6 is 0 Å². The normalized spacial score (nSPS) is 10.1. The number of ether oxygens (including phenoxy) is 2. The first kappa shape index (κ1) is 12.4. The molecule has 0 atom stereocenters. The van der Waals surface area contributed by atoms with Crippen LogP contribution in [0, 0.1) is 0 Å². The quantitative estimate of drug-likeness (QED) is 0.328. The molecule has 0 saturated carbocycles. The van der Waals surface area contributed by atoms with Gasteiger partial charge in [0, 0.05) is 13.2 Å². The monoisotopic (exact) mass is 184 g/mol. The van der Waals surface area contributed by atoms with Crippen molar-refractivity contribution in [1.82, 2.24) is 0 Å². The van der Waals surface area contributed by atoms with Crippen molar-refractivity contribution in [3.63, 3.8) is 0 Å². The van der Waals surface area contributed by atoms with E-state index in [4.69, 9.17) is 9.47 Å². The van der Waals surface area contributed by atoms with Crippen LogP contribution in [0.4, 0.5) is 0 Å². The van der Waals surface area contributed by atoms with Crippen molar-refractivity contribution >= 4 is 0 Å². The topological polar surface area (TPSA) is 18.5 Å². The molecule has 0 aliphatic rings. The number of hydrogen-bond donors (Lipinski definition) is 0. The Hall–Kier alpha value is -0.560. The smallest absolute Gasteiger partial charge is 0.157 e. The lowest BCUT2D eigenvalue weighted by Gasteiger charge is -2.15. The highest BCUT2D eigenvalue weighted by molar-refractivity contribution is 4.75. The molecule has 0 heterocycles. The Kier molecular flexibility index (Phi) is 9.12. The molecule has 0 fully saturated rings. The van der Waals surface area contributed by atoms with E-state index in [2.05, 4.69) is 12.3 Å². The fraction of sp³-hybridized carbons (Fsp3) is 0.727. The van der Waals surface area contributed by atoms with Crippen LogP contribution in [0.1, 0.15) is 33.1 Å². The Morgan fingerprint density at radius 3 is 2.38 bits per heavy atom. The van der Waals surface area contributed by atoms with E-state index >= 15 is 0 Å². The Morgan fingerprint density at radius 2 is 1.92 bits per heavy atom. The Labute approximate surface area is 81.2 Å². The minimum atomic E-state index is -0.0341. The second-order valence-corrected chi connectivity index (χ2v) is 2.68. The first-order valence-electron chi connectivity index (χ1n) is 4.92. The third-order valence-corrected chi connectivity index (χ3v) is 1.64. The zero-order valence-corrected chi connectivity index (χ0v) is 8.71. The molecule has 0 bridgehead atoms. The highest BCUT2D eigenvalue weighted by Gasteiger charge is 2.05. The fourth-order valence-electron chi connectivity index (χ4n) is 1.08. The van der Waals surface area contributed by atoms with Gasteiger partial charge in [-0.1, -0.05) is 6.58 Å². The van der Waals surface area contributed by atoms with Crippen molar-refractivity contribution in [3.8, 4) is 0 Å². The van der Waals surface area contributed by atoms with Crippen LogP contribution in [0.25, 0.3) is 0 Å². The van der Waals surface area contributed by atoms with E-state index in [-0.39, 0.29) is 6.29 Å². The van der Waals surface area contributed by atoms with E-state index in [0.29, 0.717) is 13.2 Å². The summed E-state index contributed by atoms with van der Waals surface area (Å²) in [6.45, 7) is 8.89. The molecule has 0 spiro atoms. The van der Waals surface area contributed by atoms with Crippen LogP contribution in [-0.2, 0) is 9.47 Å². The summed E-state index contributed by atoms with van der Waals surface area (Å²) in [5.41, 5.74) is 2.75. The average molecular weight is 184 g/mol. The molecular formula is C11H20O2. The molecule has 76 valence electrons. The van der Waals surface area contributed by atoms with E-state index in [0.717, 1.165) is 19.3 Å². The molecule has 0 aliphatic heterocycles. The van der Waals surface area contributed by atoms with Crippen molar-refractivity contribution in [2.24, 2.45) is 0 Å². The summed E-state index contributed by atoms with van der Waals surface area (Å²) >= 11 is 0. The van der Waals surface area contributed by atoms with Gasteiger partial charge in [0.2, 0.25) is 0 Å². The van der Waals surface area contributed by atoms with E-state index in [1.54, 1.807) is 0 Å². The largest absolute Gasteiger partial charge is 0.353 e. The fourth-order valence-corrected chi connectivity index (χ4v) is 1.08. The van der Waals surface area contributed by atoms with Crippen LogP contribution in [0.15, 0.2) is 18.4 Å². The SMILES string of the molecule is C=C=CCCCC(OCC)OCC. The van der Waals surface area contributed by atoms with Gasteiger partial charge in [-0.15, -0.1) is 5.73 Å². The summed E-state index contributed by atoms with van der Waals surface area (Å²) in [7, 11) is 0. The summed E-state index contributed by atoms with van der Waals surface area (Å²) in [4.78, 5) is 0. The minimum absolute atomic E-state index is 0.0341. The van der Waals surface area contributed by atoms with E-state index < -0.39 is 0 Å². The molecule has 13 heavy (non-hydrogen) atoms. The van der Waals surface area contributed by atoms with Crippen LogP contribution in [0.2, 0.25) is 0 Å². The van der Waals surface area contributed by atoms with Gasteiger partial charge in [-0.05, 0) is 39.2 Å². The maximum Gasteiger partial charge on any atom is 0.157 e. The zero-order valence-electron chi connectivity index (χ0n) is 8.71. The third-order valence-electron chi connectivity index (χ3n) is 1.64.